The van der Waals surface area contributed by atoms with Gasteiger partial charge in [0.05, 0.1) is 6.61 Å². The van der Waals surface area contributed by atoms with Crippen LogP contribution in [0, 0.1) is 0 Å². The summed E-state index contributed by atoms with van der Waals surface area (Å²) in [5.74, 6) is 0.991. The minimum atomic E-state index is 0.739. The highest BCUT2D eigenvalue weighted by Crippen LogP contribution is 2.14. The van der Waals surface area contributed by atoms with E-state index in [-0.39, 0.29) is 0 Å². The van der Waals surface area contributed by atoms with Gasteiger partial charge in [-0.25, -0.2) is 0 Å². The Morgan fingerprint density at radius 2 is 2.23 bits per heavy atom. The van der Waals surface area contributed by atoms with Crippen molar-refractivity contribution in [2.75, 3.05) is 6.61 Å². The first-order valence-corrected chi connectivity index (χ1v) is 5.01. The van der Waals surface area contributed by atoms with E-state index in [2.05, 4.69) is 18.7 Å². The molecule has 0 heterocycles. The van der Waals surface area contributed by atoms with Gasteiger partial charge in [-0.1, -0.05) is 18.2 Å². The van der Waals surface area contributed by atoms with Gasteiger partial charge in [-0.2, -0.15) is 0 Å². The first-order chi connectivity index (χ1) is 6.33. The van der Waals surface area contributed by atoms with Gasteiger partial charge in [0, 0.05) is 0 Å². The smallest absolute Gasteiger partial charge is 0.115 e. The van der Waals surface area contributed by atoms with E-state index >= 15 is 0 Å². The predicted octanol–water partition coefficient (Wildman–Crippen LogP) is 3.59. The summed E-state index contributed by atoms with van der Waals surface area (Å²) in [6.45, 7) is 6.73. The minimum Gasteiger partial charge on any atom is -0.494 e. The lowest BCUT2D eigenvalue weighted by Crippen LogP contribution is -1.87. The second-order valence-corrected chi connectivity index (χ2v) is 3.28. The van der Waals surface area contributed by atoms with E-state index in [1.165, 1.54) is 18.4 Å². The van der Waals surface area contributed by atoms with E-state index in [0.717, 1.165) is 25.2 Å². The summed E-state index contributed by atoms with van der Waals surface area (Å²) < 4.78 is 5.46. The monoisotopic (exact) mass is 178 g/mol. The fourth-order valence-electron chi connectivity index (χ4n) is 1.37. The minimum absolute atomic E-state index is 0.739. The Balaban J connectivity index is 2.60. The lowest BCUT2D eigenvalue weighted by atomic mass is 10.1. The lowest BCUT2D eigenvalue weighted by Gasteiger charge is -2.02. The van der Waals surface area contributed by atoms with Crippen LogP contribution in [0.5, 0.6) is 0 Å². The molecule has 0 saturated carbocycles. The molecule has 0 aliphatic heterocycles. The van der Waals surface area contributed by atoms with Gasteiger partial charge in [0.1, 0.15) is 5.76 Å². The third-order valence-electron chi connectivity index (χ3n) is 2.09. The zero-order valence-electron chi connectivity index (χ0n) is 8.38. The van der Waals surface area contributed by atoms with Gasteiger partial charge < -0.3 is 4.74 Å². The fraction of sp³-hybridized carbons (Fsp3) is 0.500. The van der Waals surface area contributed by atoms with Crippen LogP contribution in [0.1, 0.15) is 32.6 Å². The number of allylic oxidation sites excluding steroid dienone is 4. The van der Waals surface area contributed by atoms with Gasteiger partial charge >= 0.3 is 0 Å². The van der Waals surface area contributed by atoms with Crippen molar-refractivity contribution in [1.29, 1.82) is 0 Å². The zero-order chi connectivity index (χ0) is 9.52. The molecule has 0 unspecified atom stereocenters. The van der Waals surface area contributed by atoms with Crippen LogP contribution in [-0.4, -0.2) is 6.61 Å². The molecule has 72 valence electrons. The molecule has 0 aromatic heterocycles. The molecule has 0 atom stereocenters. The number of rotatable bonds is 2. The van der Waals surface area contributed by atoms with Crippen LogP contribution in [0.4, 0.5) is 0 Å². The first kappa shape index (κ1) is 10.1. The Morgan fingerprint density at radius 1 is 1.38 bits per heavy atom. The van der Waals surface area contributed by atoms with E-state index in [0.29, 0.717) is 0 Å². The van der Waals surface area contributed by atoms with Gasteiger partial charge in [0.2, 0.25) is 0 Å². The second kappa shape index (κ2) is 5.63. The van der Waals surface area contributed by atoms with Gasteiger partial charge in [0.15, 0.2) is 0 Å². The standard InChI is InChI=1S/C12H18O/c1-3-13-12-8-6-4-5-7-11(2)9-10-12/h8-10H,2-7H2,1H3/b10-9-,12-8+. The Morgan fingerprint density at radius 3 is 3.00 bits per heavy atom. The Bertz CT molecular complexity index is 223. The molecule has 0 radical (unpaired) electrons. The number of hydrogen-bond donors (Lipinski definition) is 0. The Hall–Kier alpha value is -0.980. The van der Waals surface area contributed by atoms with Crippen LogP contribution in [0.15, 0.2) is 36.1 Å². The summed E-state index contributed by atoms with van der Waals surface area (Å²) >= 11 is 0. The van der Waals surface area contributed by atoms with Crippen molar-refractivity contribution in [2.24, 2.45) is 0 Å². The molecule has 0 fully saturated rings. The summed E-state index contributed by atoms with van der Waals surface area (Å²) in [5.41, 5.74) is 1.20. The van der Waals surface area contributed by atoms with Gasteiger partial charge in [-0.05, 0) is 44.8 Å². The predicted molar refractivity (Wildman–Crippen MR) is 56.5 cm³/mol. The van der Waals surface area contributed by atoms with E-state index in [9.17, 15) is 0 Å². The zero-order valence-corrected chi connectivity index (χ0v) is 8.38. The fourth-order valence-corrected chi connectivity index (χ4v) is 1.37. The average Bonchev–Trinajstić information content (AvgIpc) is 2.21. The molecule has 13 heavy (non-hydrogen) atoms. The van der Waals surface area contributed by atoms with Crippen LogP contribution < -0.4 is 0 Å². The quantitative estimate of drug-likeness (QED) is 0.628. The van der Waals surface area contributed by atoms with E-state index in [1.807, 2.05) is 13.0 Å². The summed E-state index contributed by atoms with van der Waals surface area (Å²) in [4.78, 5) is 0. The summed E-state index contributed by atoms with van der Waals surface area (Å²) in [6.07, 6.45) is 11.0. The number of hydrogen-bond acceptors (Lipinski definition) is 1. The first-order valence-electron chi connectivity index (χ1n) is 5.01. The molecule has 1 aliphatic carbocycles. The topological polar surface area (TPSA) is 9.23 Å². The maximum Gasteiger partial charge on any atom is 0.115 e. The van der Waals surface area contributed by atoms with Gasteiger partial charge in [-0.3, -0.25) is 0 Å². The Kier molecular flexibility index (Phi) is 4.37. The van der Waals surface area contributed by atoms with Crippen molar-refractivity contribution >= 4 is 0 Å². The van der Waals surface area contributed by atoms with Crippen molar-refractivity contribution in [3.8, 4) is 0 Å². The van der Waals surface area contributed by atoms with Crippen LogP contribution in [0.3, 0.4) is 0 Å². The molecule has 0 aromatic rings. The van der Waals surface area contributed by atoms with Crippen molar-refractivity contribution in [3.05, 3.63) is 36.1 Å². The van der Waals surface area contributed by atoms with Crippen molar-refractivity contribution in [2.45, 2.75) is 32.6 Å². The molecule has 0 saturated heterocycles. The molecular formula is C12H18O. The van der Waals surface area contributed by atoms with Crippen LogP contribution in [0.2, 0.25) is 0 Å². The largest absolute Gasteiger partial charge is 0.494 e. The molecule has 1 rings (SSSR count). The molecule has 1 nitrogen and oxygen atoms in total. The molecule has 0 bridgehead atoms. The highest BCUT2D eigenvalue weighted by Gasteiger charge is 1.97. The van der Waals surface area contributed by atoms with Crippen molar-refractivity contribution in [3.63, 3.8) is 0 Å². The molecule has 1 aliphatic rings. The van der Waals surface area contributed by atoms with E-state index in [1.54, 1.807) is 0 Å². The maximum atomic E-state index is 5.46. The van der Waals surface area contributed by atoms with Gasteiger partial charge in [-0.15, -0.1) is 0 Å². The van der Waals surface area contributed by atoms with E-state index in [4.69, 9.17) is 4.74 Å². The van der Waals surface area contributed by atoms with Gasteiger partial charge in [0.25, 0.3) is 0 Å². The molecular weight excluding hydrogens is 160 g/mol. The van der Waals surface area contributed by atoms with Crippen LogP contribution >= 0.6 is 0 Å². The maximum absolute atomic E-state index is 5.46. The molecule has 0 amide bonds. The highest BCUT2D eigenvalue weighted by molar-refractivity contribution is 5.23. The third-order valence-corrected chi connectivity index (χ3v) is 2.09. The Labute approximate surface area is 80.8 Å². The normalized spacial score (nSPS) is 25.0. The van der Waals surface area contributed by atoms with E-state index < -0.39 is 0 Å². The highest BCUT2D eigenvalue weighted by atomic mass is 16.5. The van der Waals surface area contributed by atoms with Crippen molar-refractivity contribution < 1.29 is 4.74 Å². The summed E-state index contributed by atoms with van der Waals surface area (Å²) in [6, 6.07) is 0. The average molecular weight is 178 g/mol. The van der Waals surface area contributed by atoms with Crippen LogP contribution in [0.25, 0.3) is 0 Å². The second-order valence-electron chi connectivity index (χ2n) is 3.28. The SMILES string of the molecule is C=C1/C=C\C(OCC)=C/CCCC1. The molecule has 0 aromatic carbocycles. The van der Waals surface area contributed by atoms with Crippen LogP contribution in [-0.2, 0) is 4.74 Å². The van der Waals surface area contributed by atoms with Crippen molar-refractivity contribution in [1.82, 2.24) is 0 Å². The summed E-state index contributed by atoms with van der Waals surface area (Å²) in [5, 5.41) is 0. The lowest BCUT2D eigenvalue weighted by molar-refractivity contribution is 0.241. The molecule has 0 spiro atoms. The molecule has 1 heteroatoms. The number of ether oxygens (including phenoxy) is 1. The summed E-state index contributed by atoms with van der Waals surface area (Å²) in [7, 11) is 0. The third kappa shape index (κ3) is 3.97. The molecule has 0 N–H and O–H groups in total.